The predicted octanol–water partition coefficient (Wildman–Crippen LogP) is 2.36. The average Bonchev–Trinajstić information content (AvgIpc) is 2.45. The molecule has 2 aliphatic rings. The molecule has 0 amide bonds. The van der Waals surface area contributed by atoms with Crippen LogP contribution < -0.4 is 5.32 Å². The highest BCUT2D eigenvalue weighted by atomic mass is 15.3. The van der Waals surface area contributed by atoms with Crippen LogP contribution >= 0.6 is 0 Å². The third kappa shape index (κ3) is 3.65. The Morgan fingerprint density at radius 2 is 1.71 bits per heavy atom. The van der Waals surface area contributed by atoms with Crippen LogP contribution in [0.3, 0.4) is 0 Å². The number of rotatable bonds is 5. The number of hydrogen-bond donors (Lipinski definition) is 1. The van der Waals surface area contributed by atoms with E-state index in [9.17, 15) is 0 Å². The number of hydrogen-bond acceptors (Lipinski definition) is 3. The first-order valence-electron chi connectivity index (χ1n) is 8.48. The van der Waals surface area contributed by atoms with Gasteiger partial charge in [0.15, 0.2) is 0 Å². The standard InChI is InChI=1S/C18H29N3/c1-15(2)12-18(16-6-4-3-5-7-16)21-10-8-20(9-11-21)17-13-19-14-17/h3-7,15,17-19H,8-14H2,1-2H3. The van der Waals surface area contributed by atoms with E-state index in [1.54, 1.807) is 0 Å². The van der Waals surface area contributed by atoms with Crippen molar-refractivity contribution in [3.05, 3.63) is 35.9 Å². The summed E-state index contributed by atoms with van der Waals surface area (Å²) in [5.41, 5.74) is 1.49. The summed E-state index contributed by atoms with van der Waals surface area (Å²) >= 11 is 0. The van der Waals surface area contributed by atoms with Crippen LogP contribution in [0.1, 0.15) is 31.9 Å². The second-order valence-corrected chi connectivity index (χ2v) is 6.94. The van der Waals surface area contributed by atoms with Crippen molar-refractivity contribution in [2.24, 2.45) is 5.92 Å². The number of piperazine rings is 1. The van der Waals surface area contributed by atoms with Crippen molar-refractivity contribution in [2.45, 2.75) is 32.4 Å². The van der Waals surface area contributed by atoms with Gasteiger partial charge >= 0.3 is 0 Å². The van der Waals surface area contributed by atoms with Gasteiger partial charge in [-0.3, -0.25) is 9.80 Å². The van der Waals surface area contributed by atoms with Gasteiger partial charge in [-0.25, -0.2) is 0 Å². The summed E-state index contributed by atoms with van der Waals surface area (Å²) in [7, 11) is 0. The second-order valence-electron chi connectivity index (χ2n) is 6.94. The maximum absolute atomic E-state index is 3.39. The van der Waals surface area contributed by atoms with Gasteiger partial charge < -0.3 is 5.32 Å². The minimum absolute atomic E-state index is 0.591. The van der Waals surface area contributed by atoms with Crippen LogP contribution in [0.5, 0.6) is 0 Å². The van der Waals surface area contributed by atoms with Crippen molar-refractivity contribution in [3.8, 4) is 0 Å². The van der Waals surface area contributed by atoms with Crippen LogP contribution in [-0.4, -0.2) is 55.1 Å². The zero-order valence-electron chi connectivity index (χ0n) is 13.5. The summed E-state index contributed by atoms with van der Waals surface area (Å²) < 4.78 is 0. The van der Waals surface area contributed by atoms with Crippen LogP contribution in [0.4, 0.5) is 0 Å². The molecule has 21 heavy (non-hydrogen) atoms. The molecule has 0 aliphatic carbocycles. The topological polar surface area (TPSA) is 18.5 Å². The molecular formula is C18H29N3. The summed E-state index contributed by atoms with van der Waals surface area (Å²) in [6, 6.07) is 12.5. The highest BCUT2D eigenvalue weighted by Gasteiger charge is 2.30. The minimum atomic E-state index is 0.591. The van der Waals surface area contributed by atoms with Crippen molar-refractivity contribution in [1.29, 1.82) is 0 Å². The highest BCUT2D eigenvalue weighted by molar-refractivity contribution is 5.19. The molecule has 1 unspecified atom stereocenters. The summed E-state index contributed by atoms with van der Waals surface area (Å²) in [6.45, 7) is 11.9. The van der Waals surface area contributed by atoms with E-state index < -0.39 is 0 Å². The summed E-state index contributed by atoms with van der Waals surface area (Å²) in [6.07, 6.45) is 1.26. The molecule has 0 spiro atoms. The lowest BCUT2D eigenvalue weighted by Gasteiger charge is -2.45. The van der Waals surface area contributed by atoms with Gasteiger partial charge in [0, 0.05) is 51.4 Å². The Labute approximate surface area is 129 Å². The molecule has 1 N–H and O–H groups in total. The smallest absolute Gasteiger partial charge is 0.0351 e. The van der Waals surface area contributed by atoms with E-state index in [-0.39, 0.29) is 0 Å². The van der Waals surface area contributed by atoms with E-state index in [1.165, 1.54) is 51.3 Å². The number of nitrogens with one attached hydrogen (secondary N) is 1. The molecule has 0 radical (unpaired) electrons. The van der Waals surface area contributed by atoms with E-state index in [1.807, 2.05) is 0 Å². The van der Waals surface area contributed by atoms with Crippen LogP contribution in [0.25, 0.3) is 0 Å². The van der Waals surface area contributed by atoms with E-state index in [0.29, 0.717) is 6.04 Å². The fraction of sp³-hybridized carbons (Fsp3) is 0.667. The molecule has 0 saturated carbocycles. The lowest BCUT2D eigenvalue weighted by atomic mass is 9.95. The summed E-state index contributed by atoms with van der Waals surface area (Å²) in [5.74, 6) is 0.740. The van der Waals surface area contributed by atoms with Gasteiger partial charge in [-0.2, -0.15) is 0 Å². The van der Waals surface area contributed by atoms with Crippen LogP contribution in [0.2, 0.25) is 0 Å². The summed E-state index contributed by atoms with van der Waals surface area (Å²) in [5, 5.41) is 3.39. The van der Waals surface area contributed by atoms with Crippen molar-refractivity contribution in [2.75, 3.05) is 39.3 Å². The van der Waals surface area contributed by atoms with E-state index in [0.717, 1.165) is 12.0 Å². The summed E-state index contributed by atoms with van der Waals surface area (Å²) in [4.78, 5) is 5.38. The van der Waals surface area contributed by atoms with Gasteiger partial charge in [0.1, 0.15) is 0 Å². The fourth-order valence-electron chi connectivity index (χ4n) is 3.56. The molecule has 0 aromatic heterocycles. The molecule has 116 valence electrons. The van der Waals surface area contributed by atoms with Gasteiger partial charge in [0.05, 0.1) is 0 Å². The quantitative estimate of drug-likeness (QED) is 0.897. The van der Waals surface area contributed by atoms with Crippen molar-refractivity contribution < 1.29 is 0 Å². The molecule has 1 atom stereocenters. The monoisotopic (exact) mass is 287 g/mol. The molecule has 2 saturated heterocycles. The first-order chi connectivity index (χ1) is 10.2. The molecule has 2 aliphatic heterocycles. The lowest BCUT2D eigenvalue weighted by Crippen LogP contribution is -2.61. The number of nitrogens with zero attached hydrogens (tertiary/aromatic N) is 2. The van der Waals surface area contributed by atoms with Crippen LogP contribution in [0.15, 0.2) is 30.3 Å². The molecule has 3 rings (SSSR count). The largest absolute Gasteiger partial charge is 0.314 e. The molecule has 1 aromatic carbocycles. The van der Waals surface area contributed by atoms with Crippen molar-refractivity contribution in [1.82, 2.24) is 15.1 Å². The second kappa shape index (κ2) is 6.91. The maximum Gasteiger partial charge on any atom is 0.0351 e. The van der Waals surface area contributed by atoms with E-state index in [2.05, 4.69) is 59.3 Å². The normalized spacial score (nSPS) is 23.2. The average molecular weight is 287 g/mol. The van der Waals surface area contributed by atoms with Crippen LogP contribution in [0, 0.1) is 5.92 Å². The highest BCUT2D eigenvalue weighted by Crippen LogP contribution is 2.29. The first-order valence-corrected chi connectivity index (χ1v) is 8.48. The molecule has 3 nitrogen and oxygen atoms in total. The fourth-order valence-corrected chi connectivity index (χ4v) is 3.56. The molecule has 2 heterocycles. The predicted molar refractivity (Wildman–Crippen MR) is 88.4 cm³/mol. The Kier molecular flexibility index (Phi) is 4.94. The minimum Gasteiger partial charge on any atom is -0.314 e. The zero-order chi connectivity index (χ0) is 14.7. The molecule has 0 bridgehead atoms. The van der Waals surface area contributed by atoms with Gasteiger partial charge in [0.25, 0.3) is 0 Å². The Morgan fingerprint density at radius 1 is 1.05 bits per heavy atom. The van der Waals surface area contributed by atoms with E-state index in [4.69, 9.17) is 0 Å². The van der Waals surface area contributed by atoms with Gasteiger partial charge in [-0.1, -0.05) is 44.2 Å². The Bertz CT molecular complexity index is 419. The zero-order valence-corrected chi connectivity index (χ0v) is 13.5. The Balaban J connectivity index is 1.64. The third-order valence-electron chi connectivity index (χ3n) is 4.94. The van der Waals surface area contributed by atoms with Gasteiger partial charge in [0.2, 0.25) is 0 Å². The van der Waals surface area contributed by atoms with E-state index >= 15 is 0 Å². The van der Waals surface area contributed by atoms with Gasteiger partial charge in [-0.15, -0.1) is 0 Å². The SMILES string of the molecule is CC(C)CC(c1ccccc1)N1CCN(C2CNC2)CC1. The molecule has 3 heteroatoms. The molecule has 2 fully saturated rings. The van der Waals surface area contributed by atoms with Gasteiger partial charge in [-0.05, 0) is 17.9 Å². The van der Waals surface area contributed by atoms with Crippen molar-refractivity contribution >= 4 is 0 Å². The third-order valence-corrected chi connectivity index (χ3v) is 4.94. The van der Waals surface area contributed by atoms with Crippen LogP contribution in [-0.2, 0) is 0 Å². The molecule has 1 aromatic rings. The Hall–Kier alpha value is -0.900. The van der Waals surface area contributed by atoms with Crippen molar-refractivity contribution in [3.63, 3.8) is 0 Å². The first kappa shape index (κ1) is 15.0. The lowest BCUT2D eigenvalue weighted by molar-refractivity contribution is 0.0460. The number of benzene rings is 1. The molecular weight excluding hydrogens is 258 g/mol. The Morgan fingerprint density at radius 3 is 2.24 bits per heavy atom. The maximum atomic E-state index is 3.39.